The molecule has 1 heterocycles. The van der Waals surface area contributed by atoms with Crippen molar-refractivity contribution in [2.75, 3.05) is 7.11 Å². The predicted molar refractivity (Wildman–Crippen MR) is 80.1 cm³/mol. The molecule has 2 aromatic rings. The molecular weight excluding hydrogens is 248 g/mol. The van der Waals surface area contributed by atoms with E-state index in [1.807, 2.05) is 0 Å². The fourth-order valence-electron chi connectivity index (χ4n) is 3.17. The Morgan fingerprint density at radius 1 is 0.950 bits per heavy atom. The number of benzene rings is 1. The molecule has 104 valence electrons. The minimum Gasteiger partial charge on any atom is -0.480 e. The number of aromatic nitrogens is 2. The van der Waals surface area contributed by atoms with E-state index in [1.165, 1.54) is 40.7 Å². The largest absolute Gasteiger partial charge is 0.480 e. The molecule has 3 nitrogen and oxygen atoms in total. The van der Waals surface area contributed by atoms with Gasteiger partial charge in [-0.2, -0.15) is 0 Å². The van der Waals surface area contributed by atoms with Crippen LogP contribution in [-0.2, 0) is 12.8 Å². The van der Waals surface area contributed by atoms with Gasteiger partial charge in [0.2, 0.25) is 5.88 Å². The van der Waals surface area contributed by atoms with Crippen molar-refractivity contribution in [2.45, 2.75) is 39.5 Å². The summed E-state index contributed by atoms with van der Waals surface area (Å²) in [4.78, 5) is 0. The van der Waals surface area contributed by atoms with E-state index in [4.69, 9.17) is 4.74 Å². The molecule has 0 unspecified atom stereocenters. The van der Waals surface area contributed by atoms with Gasteiger partial charge in [-0.25, -0.2) is 0 Å². The molecule has 1 aromatic heterocycles. The SMILES string of the molecule is COc1nnc(-c2c(C)cccc2C)c2c1CCCC2. The van der Waals surface area contributed by atoms with Crippen molar-refractivity contribution in [1.82, 2.24) is 10.2 Å². The number of hydrogen-bond acceptors (Lipinski definition) is 3. The van der Waals surface area contributed by atoms with Crippen molar-refractivity contribution in [1.29, 1.82) is 0 Å². The van der Waals surface area contributed by atoms with Crippen LogP contribution in [0.15, 0.2) is 18.2 Å². The molecule has 1 aliphatic rings. The van der Waals surface area contributed by atoms with Crippen molar-refractivity contribution < 1.29 is 4.74 Å². The second-order valence-electron chi connectivity index (χ2n) is 5.49. The number of nitrogens with zero attached hydrogens (tertiary/aromatic N) is 2. The molecule has 3 heteroatoms. The molecule has 3 rings (SSSR count). The van der Waals surface area contributed by atoms with Crippen LogP contribution < -0.4 is 4.74 Å². The second-order valence-corrected chi connectivity index (χ2v) is 5.49. The number of ether oxygens (including phenoxy) is 1. The van der Waals surface area contributed by atoms with Crippen molar-refractivity contribution in [2.24, 2.45) is 0 Å². The van der Waals surface area contributed by atoms with Crippen LogP contribution in [0.5, 0.6) is 5.88 Å². The zero-order chi connectivity index (χ0) is 14.1. The Balaban J connectivity index is 2.25. The van der Waals surface area contributed by atoms with Gasteiger partial charge in [0.15, 0.2) is 0 Å². The Labute approximate surface area is 120 Å². The molecule has 1 aromatic carbocycles. The third-order valence-electron chi connectivity index (χ3n) is 4.16. The van der Waals surface area contributed by atoms with E-state index < -0.39 is 0 Å². The highest BCUT2D eigenvalue weighted by atomic mass is 16.5. The number of methoxy groups -OCH3 is 1. The summed E-state index contributed by atoms with van der Waals surface area (Å²) in [6, 6.07) is 6.38. The Hall–Kier alpha value is -1.90. The molecule has 0 saturated carbocycles. The number of aryl methyl sites for hydroxylation is 2. The second kappa shape index (κ2) is 5.23. The molecule has 0 fully saturated rings. The van der Waals surface area contributed by atoms with Gasteiger partial charge in [0.25, 0.3) is 0 Å². The highest BCUT2D eigenvalue weighted by Crippen LogP contribution is 2.36. The lowest BCUT2D eigenvalue weighted by atomic mass is 9.87. The molecule has 0 bridgehead atoms. The fourth-order valence-corrected chi connectivity index (χ4v) is 3.17. The van der Waals surface area contributed by atoms with Crippen LogP contribution in [0.25, 0.3) is 11.3 Å². The topological polar surface area (TPSA) is 35.0 Å². The third kappa shape index (κ3) is 2.07. The first-order valence-electron chi connectivity index (χ1n) is 7.21. The van der Waals surface area contributed by atoms with E-state index >= 15 is 0 Å². The summed E-state index contributed by atoms with van der Waals surface area (Å²) in [5.41, 5.74) is 7.40. The normalized spacial score (nSPS) is 13.9. The average Bonchev–Trinajstić information content (AvgIpc) is 2.47. The van der Waals surface area contributed by atoms with Gasteiger partial charge in [0.1, 0.15) is 0 Å². The van der Waals surface area contributed by atoms with Crippen LogP contribution in [0.1, 0.15) is 35.1 Å². The predicted octanol–water partition coefficient (Wildman–Crippen LogP) is 3.65. The molecule has 0 spiro atoms. The smallest absolute Gasteiger partial charge is 0.236 e. The summed E-state index contributed by atoms with van der Waals surface area (Å²) >= 11 is 0. The van der Waals surface area contributed by atoms with Gasteiger partial charge >= 0.3 is 0 Å². The van der Waals surface area contributed by atoms with Crippen LogP contribution >= 0.6 is 0 Å². The molecule has 0 aliphatic heterocycles. The highest BCUT2D eigenvalue weighted by molar-refractivity contribution is 5.71. The van der Waals surface area contributed by atoms with Gasteiger partial charge < -0.3 is 4.74 Å². The Morgan fingerprint density at radius 2 is 1.60 bits per heavy atom. The van der Waals surface area contributed by atoms with E-state index in [2.05, 4.69) is 42.2 Å². The summed E-state index contributed by atoms with van der Waals surface area (Å²) in [7, 11) is 1.68. The van der Waals surface area contributed by atoms with Crippen LogP contribution in [0.2, 0.25) is 0 Å². The highest BCUT2D eigenvalue weighted by Gasteiger charge is 2.22. The van der Waals surface area contributed by atoms with Crippen LogP contribution in [0.4, 0.5) is 0 Å². The van der Waals surface area contributed by atoms with E-state index in [0.29, 0.717) is 5.88 Å². The first-order valence-corrected chi connectivity index (χ1v) is 7.21. The van der Waals surface area contributed by atoms with Crippen LogP contribution in [0.3, 0.4) is 0 Å². The van der Waals surface area contributed by atoms with Crippen LogP contribution in [0, 0.1) is 13.8 Å². The van der Waals surface area contributed by atoms with Gasteiger partial charge in [0.05, 0.1) is 12.8 Å². The van der Waals surface area contributed by atoms with E-state index in [9.17, 15) is 0 Å². The number of rotatable bonds is 2. The van der Waals surface area contributed by atoms with Gasteiger partial charge in [-0.1, -0.05) is 18.2 Å². The van der Waals surface area contributed by atoms with Crippen molar-refractivity contribution >= 4 is 0 Å². The molecule has 0 saturated heterocycles. The lowest BCUT2D eigenvalue weighted by Crippen LogP contribution is -2.11. The molecule has 0 radical (unpaired) electrons. The number of hydrogen-bond donors (Lipinski definition) is 0. The summed E-state index contributed by atoms with van der Waals surface area (Å²) in [6.45, 7) is 4.28. The zero-order valence-electron chi connectivity index (χ0n) is 12.4. The minimum atomic E-state index is 0.703. The first kappa shape index (κ1) is 13.1. The standard InChI is InChI=1S/C17H20N2O/c1-11-7-6-8-12(2)15(11)16-13-9-4-5-10-14(13)17(20-3)19-18-16/h6-8H,4-5,9-10H2,1-3H3. The maximum absolute atomic E-state index is 5.39. The minimum absolute atomic E-state index is 0.703. The molecule has 0 N–H and O–H groups in total. The molecular formula is C17H20N2O. The van der Waals surface area contributed by atoms with E-state index in [-0.39, 0.29) is 0 Å². The van der Waals surface area contributed by atoms with Crippen molar-refractivity contribution in [3.63, 3.8) is 0 Å². The lowest BCUT2D eigenvalue weighted by Gasteiger charge is -2.21. The van der Waals surface area contributed by atoms with E-state index in [1.54, 1.807) is 7.11 Å². The Morgan fingerprint density at radius 3 is 2.25 bits per heavy atom. The Bertz CT molecular complexity index is 629. The third-order valence-corrected chi connectivity index (χ3v) is 4.16. The van der Waals surface area contributed by atoms with Crippen LogP contribution in [-0.4, -0.2) is 17.3 Å². The van der Waals surface area contributed by atoms with Gasteiger partial charge in [0, 0.05) is 11.1 Å². The van der Waals surface area contributed by atoms with E-state index in [0.717, 1.165) is 18.5 Å². The zero-order valence-corrected chi connectivity index (χ0v) is 12.4. The van der Waals surface area contributed by atoms with Crippen molar-refractivity contribution in [3.8, 4) is 17.1 Å². The summed E-state index contributed by atoms with van der Waals surface area (Å²) in [5.74, 6) is 0.703. The molecule has 20 heavy (non-hydrogen) atoms. The summed E-state index contributed by atoms with van der Waals surface area (Å²) < 4.78 is 5.39. The summed E-state index contributed by atoms with van der Waals surface area (Å²) in [5, 5.41) is 8.78. The quantitative estimate of drug-likeness (QED) is 0.834. The maximum Gasteiger partial charge on any atom is 0.236 e. The van der Waals surface area contributed by atoms with Gasteiger partial charge in [-0.3, -0.25) is 0 Å². The molecule has 1 aliphatic carbocycles. The number of fused-ring (bicyclic) bond motifs is 1. The maximum atomic E-state index is 5.39. The van der Waals surface area contributed by atoms with Gasteiger partial charge in [-0.05, 0) is 56.2 Å². The molecule has 0 atom stereocenters. The fraction of sp³-hybridized carbons (Fsp3) is 0.412. The lowest BCUT2D eigenvalue weighted by molar-refractivity contribution is 0.383. The van der Waals surface area contributed by atoms with Gasteiger partial charge in [-0.15, -0.1) is 10.2 Å². The molecule has 0 amide bonds. The van der Waals surface area contributed by atoms with Crippen molar-refractivity contribution in [3.05, 3.63) is 40.5 Å². The Kier molecular flexibility index (Phi) is 3.43. The average molecular weight is 268 g/mol. The summed E-state index contributed by atoms with van der Waals surface area (Å²) in [6.07, 6.45) is 4.55. The monoisotopic (exact) mass is 268 g/mol. The first-order chi connectivity index (χ1) is 9.72.